The molecule has 2 nitrogen and oxygen atoms in total. The highest BCUT2D eigenvalue weighted by atomic mass is 35.5. The fraction of sp³-hybridized carbons (Fsp3) is 0. The maximum atomic E-state index is 12.9. The Morgan fingerprint density at radius 2 is 2.00 bits per heavy atom. The van der Waals surface area contributed by atoms with Crippen molar-refractivity contribution >= 4 is 23.2 Å². The Balaban J connectivity index is 2.55. The molecule has 0 atom stereocenters. The second-order valence-corrected chi connectivity index (χ2v) is 3.62. The molecule has 0 amide bonds. The van der Waals surface area contributed by atoms with E-state index >= 15 is 0 Å². The molecular weight excluding hydrogens is 238 g/mol. The van der Waals surface area contributed by atoms with Gasteiger partial charge < -0.3 is 0 Å². The van der Waals surface area contributed by atoms with E-state index < -0.39 is 5.82 Å². The molecule has 1 aromatic carbocycles. The van der Waals surface area contributed by atoms with E-state index in [1.54, 1.807) is 12.3 Å². The summed E-state index contributed by atoms with van der Waals surface area (Å²) in [4.78, 5) is 7.67. The van der Waals surface area contributed by atoms with Gasteiger partial charge in [0, 0.05) is 11.8 Å². The molecule has 15 heavy (non-hydrogen) atoms. The van der Waals surface area contributed by atoms with Gasteiger partial charge in [0.05, 0.1) is 5.02 Å². The van der Waals surface area contributed by atoms with E-state index in [-0.39, 0.29) is 5.02 Å². The van der Waals surface area contributed by atoms with Crippen molar-refractivity contribution in [3.8, 4) is 11.1 Å². The molecule has 1 aromatic heterocycles. The molecule has 0 spiro atoms. The summed E-state index contributed by atoms with van der Waals surface area (Å²) in [5, 5.41) is 0.361. The van der Waals surface area contributed by atoms with Gasteiger partial charge in [-0.05, 0) is 17.7 Å². The summed E-state index contributed by atoms with van der Waals surface area (Å²) in [7, 11) is 0. The Hall–Kier alpha value is -1.19. The maximum Gasteiger partial charge on any atom is 0.141 e. The lowest BCUT2D eigenvalue weighted by molar-refractivity contribution is 0.628. The second kappa shape index (κ2) is 4.13. The van der Waals surface area contributed by atoms with Crippen molar-refractivity contribution in [1.29, 1.82) is 0 Å². The summed E-state index contributed by atoms with van der Waals surface area (Å²) in [6.45, 7) is 0. The van der Waals surface area contributed by atoms with E-state index in [2.05, 4.69) is 9.97 Å². The van der Waals surface area contributed by atoms with Crippen LogP contribution in [0.3, 0.4) is 0 Å². The zero-order valence-corrected chi connectivity index (χ0v) is 8.93. The molecule has 0 aliphatic carbocycles. The van der Waals surface area contributed by atoms with Crippen molar-refractivity contribution in [3.63, 3.8) is 0 Å². The van der Waals surface area contributed by atoms with Crippen molar-refractivity contribution in [2.24, 2.45) is 0 Å². The number of rotatable bonds is 1. The monoisotopic (exact) mass is 242 g/mol. The topological polar surface area (TPSA) is 25.8 Å². The largest absolute Gasteiger partial charge is 0.244 e. The zero-order valence-electron chi connectivity index (χ0n) is 7.42. The fourth-order valence-corrected chi connectivity index (χ4v) is 1.55. The standard InChI is InChI=1S/C10H5Cl2FN2/c11-8-3-6(1-2-9(8)13)7-4-14-5-15-10(7)12/h1-5H. The Morgan fingerprint density at radius 1 is 1.20 bits per heavy atom. The molecule has 0 fully saturated rings. The lowest BCUT2D eigenvalue weighted by Crippen LogP contribution is -1.86. The van der Waals surface area contributed by atoms with Gasteiger partial charge in [-0.1, -0.05) is 29.3 Å². The van der Waals surface area contributed by atoms with Crippen molar-refractivity contribution in [2.75, 3.05) is 0 Å². The lowest BCUT2D eigenvalue weighted by Gasteiger charge is -2.03. The van der Waals surface area contributed by atoms with E-state index in [4.69, 9.17) is 23.2 Å². The number of hydrogen-bond acceptors (Lipinski definition) is 2. The number of nitrogens with zero attached hydrogens (tertiary/aromatic N) is 2. The SMILES string of the molecule is Fc1ccc(-c2cncnc2Cl)cc1Cl. The highest BCUT2D eigenvalue weighted by molar-refractivity contribution is 6.32. The van der Waals surface area contributed by atoms with Crippen LogP contribution in [0.25, 0.3) is 11.1 Å². The molecule has 0 aliphatic heterocycles. The molecule has 2 aromatic rings. The molecule has 5 heteroatoms. The third-order valence-electron chi connectivity index (χ3n) is 1.89. The second-order valence-electron chi connectivity index (χ2n) is 2.86. The molecule has 0 saturated carbocycles. The summed E-state index contributed by atoms with van der Waals surface area (Å²) in [6, 6.07) is 4.34. The Labute approximate surface area is 95.7 Å². The number of aromatic nitrogens is 2. The molecule has 0 aliphatic rings. The van der Waals surface area contributed by atoms with Gasteiger partial charge in [0.1, 0.15) is 17.3 Å². The first-order chi connectivity index (χ1) is 7.18. The van der Waals surface area contributed by atoms with Crippen LogP contribution in [0.15, 0.2) is 30.7 Å². The van der Waals surface area contributed by atoms with Crippen LogP contribution in [0.4, 0.5) is 4.39 Å². The van der Waals surface area contributed by atoms with Gasteiger partial charge in [0.15, 0.2) is 0 Å². The molecule has 0 radical (unpaired) electrons. The van der Waals surface area contributed by atoms with E-state index in [9.17, 15) is 4.39 Å². The van der Waals surface area contributed by atoms with Gasteiger partial charge in [-0.15, -0.1) is 0 Å². The Bertz CT molecular complexity index is 503. The first-order valence-corrected chi connectivity index (χ1v) is 4.85. The predicted octanol–water partition coefficient (Wildman–Crippen LogP) is 3.59. The number of halogens is 3. The Morgan fingerprint density at radius 3 is 2.67 bits per heavy atom. The lowest BCUT2D eigenvalue weighted by atomic mass is 10.1. The molecule has 76 valence electrons. The summed E-state index contributed by atoms with van der Waals surface area (Å²) in [6.07, 6.45) is 2.90. The molecule has 0 N–H and O–H groups in total. The predicted molar refractivity (Wildman–Crippen MR) is 57.4 cm³/mol. The highest BCUT2D eigenvalue weighted by Gasteiger charge is 2.07. The fourth-order valence-electron chi connectivity index (χ4n) is 1.17. The van der Waals surface area contributed by atoms with Gasteiger partial charge in [-0.25, -0.2) is 14.4 Å². The van der Waals surface area contributed by atoms with Crippen molar-refractivity contribution in [2.45, 2.75) is 0 Å². The van der Waals surface area contributed by atoms with Crippen LogP contribution in [0.1, 0.15) is 0 Å². The minimum absolute atomic E-state index is 0.0485. The van der Waals surface area contributed by atoms with Crippen molar-refractivity contribution < 1.29 is 4.39 Å². The van der Waals surface area contributed by atoms with Crippen LogP contribution in [0, 0.1) is 5.82 Å². The molecule has 0 unspecified atom stereocenters. The molecular formula is C10H5Cl2FN2. The van der Waals surface area contributed by atoms with Gasteiger partial charge in [0.25, 0.3) is 0 Å². The van der Waals surface area contributed by atoms with Gasteiger partial charge in [-0.2, -0.15) is 0 Å². The van der Waals surface area contributed by atoms with Crippen molar-refractivity contribution in [1.82, 2.24) is 9.97 Å². The van der Waals surface area contributed by atoms with Gasteiger partial charge in [-0.3, -0.25) is 0 Å². The summed E-state index contributed by atoms with van der Waals surface area (Å²) >= 11 is 11.5. The summed E-state index contributed by atoms with van der Waals surface area (Å²) in [5.74, 6) is -0.464. The van der Waals surface area contributed by atoms with Crippen LogP contribution in [-0.4, -0.2) is 9.97 Å². The average Bonchev–Trinajstić information content (AvgIpc) is 2.23. The van der Waals surface area contributed by atoms with Crippen LogP contribution in [0.2, 0.25) is 10.2 Å². The first kappa shape index (κ1) is 10.3. The zero-order chi connectivity index (χ0) is 10.8. The first-order valence-electron chi connectivity index (χ1n) is 4.09. The summed E-state index contributed by atoms with van der Waals surface area (Å²) < 4.78 is 12.9. The van der Waals surface area contributed by atoms with Crippen molar-refractivity contribution in [3.05, 3.63) is 46.7 Å². The van der Waals surface area contributed by atoms with E-state index in [0.717, 1.165) is 0 Å². The minimum atomic E-state index is -0.464. The Kier molecular flexibility index (Phi) is 2.84. The molecule has 1 heterocycles. The summed E-state index contributed by atoms with van der Waals surface area (Å²) in [5.41, 5.74) is 1.31. The van der Waals surface area contributed by atoms with Crippen LogP contribution < -0.4 is 0 Å². The minimum Gasteiger partial charge on any atom is -0.244 e. The van der Waals surface area contributed by atoms with Gasteiger partial charge >= 0.3 is 0 Å². The molecule has 2 rings (SSSR count). The van der Waals surface area contributed by atoms with Crippen LogP contribution in [-0.2, 0) is 0 Å². The van der Waals surface area contributed by atoms with E-state index in [1.807, 2.05) is 0 Å². The smallest absolute Gasteiger partial charge is 0.141 e. The maximum absolute atomic E-state index is 12.9. The third kappa shape index (κ3) is 2.08. The average molecular weight is 243 g/mol. The quantitative estimate of drug-likeness (QED) is 0.715. The van der Waals surface area contributed by atoms with Crippen LogP contribution >= 0.6 is 23.2 Å². The molecule has 0 bridgehead atoms. The van der Waals surface area contributed by atoms with Gasteiger partial charge in [0.2, 0.25) is 0 Å². The van der Waals surface area contributed by atoms with Crippen LogP contribution in [0.5, 0.6) is 0 Å². The van der Waals surface area contributed by atoms with E-state index in [1.165, 1.54) is 18.5 Å². The van der Waals surface area contributed by atoms with E-state index in [0.29, 0.717) is 16.3 Å². The highest BCUT2D eigenvalue weighted by Crippen LogP contribution is 2.28. The third-order valence-corrected chi connectivity index (χ3v) is 2.49. The number of benzene rings is 1. The number of hydrogen-bond donors (Lipinski definition) is 0. The molecule has 0 saturated heterocycles. The normalized spacial score (nSPS) is 10.3.